The Kier molecular flexibility index (Phi) is 4.76. The highest BCUT2D eigenvalue weighted by molar-refractivity contribution is 7.92. The Hall–Kier alpha value is -2.08. The monoisotopic (exact) mass is 348 g/mol. The van der Waals surface area contributed by atoms with Crippen LogP contribution >= 0.6 is 0 Å². The first-order valence-electron chi connectivity index (χ1n) is 8.10. The van der Waals surface area contributed by atoms with Crippen molar-refractivity contribution in [2.24, 2.45) is 0 Å². The molecule has 1 saturated heterocycles. The van der Waals surface area contributed by atoms with Crippen molar-refractivity contribution in [3.05, 3.63) is 53.8 Å². The Bertz CT molecular complexity index is 813. The molecule has 1 N–H and O–H groups in total. The summed E-state index contributed by atoms with van der Waals surface area (Å²) < 4.78 is 40.7. The van der Waals surface area contributed by atoms with E-state index in [2.05, 4.69) is 9.62 Å². The van der Waals surface area contributed by atoms with E-state index in [1.807, 2.05) is 12.1 Å². The fraction of sp³-hybridized carbons (Fsp3) is 0.333. The minimum absolute atomic E-state index is 0.0870. The van der Waals surface area contributed by atoms with E-state index in [1.165, 1.54) is 31.4 Å². The summed E-state index contributed by atoms with van der Waals surface area (Å²) in [5.74, 6) is -0.447. The van der Waals surface area contributed by atoms with Crippen molar-refractivity contribution in [3.63, 3.8) is 0 Å². The molecule has 24 heavy (non-hydrogen) atoms. The summed E-state index contributed by atoms with van der Waals surface area (Å²) in [5.41, 5.74) is 1.99. The van der Waals surface area contributed by atoms with Crippen LogP contribution in [0.4, 0.5) is 15.8 Å². The van der Waals surface area contributed by atoms with Crippen LogP contribution in [-0.2, 0) is 10.0 Å². The van der Waals surface area contributed by atoms with Crippen molar-refractivity contribution >= 4 is 21.4 Å². The van der Waals surface area contributed by atoms with Crippen molar-refractivity contribution in [1.29, 1.82) is 0 Å². The first-order valence-corrected chi connectivity index (χ1v) is 9.58. The highest BCUT2D eigenvalue weighted by atomic mass is 32.2. The van der Waals surface area contributed by atoms with Crippen molar-refractivity contribution < 1.29 is 12.8 Å². The number of rotatable bonds is 4. The first kappa shape index (κ1) is 16.8. The van der Waals surface area contributed by atoms with E-state index in [0.717, 1.165) is 24.8 Å². The number of aryl methyl sites for hydroxylation is 1. The Morgan fingerprint density at radius 3 is 2.29 bits per heavy atom. The third-order valence-electron chi connectivity index (χ3n) is 4.27. The predicted molar refractivity (Wildman–Crippen MR) is 94.5 cm³/mol. The van der Waals surface area contributed by atoms with Crippen LogP contribution in [0.15, 0.2) is 47.4 Å². The number of hydrogen-bond donors (Lipinski definition) is 1. The van der Waals surface area contributed by atoms with E-state index in [0.29, 0.717) is 11.3 Å². The third-order valence-corrected chi connectivity index (χ3v) is 5.81. The molecular weight excluding hydrogens is 327 g/mol. The van der Waals surface area contributed by atoms with Crippen molar-refractivity contribution in [1.82, 2.24) is 0 Å². The summed E-state index contributed by atoms with van der Waals surface area (Å²) in [6.07, 6.45) is 3.65. The molecule has 4 nitrogen and oxygen atoms in total. The molecular formula is C18H21FN2O2S. The summed E-state index contributed by atoms with van der Waals surface area (Å²) in [6, 6.07) is 11.0. The molecule has 0 saturated carbocycles. The van der Waals surface area contributed by atoms with Crippen molar-refractivity contribution in [2.45, 2.75) is 31.1 Å². The second-order valence-corrected chi connectivity index (χ2v) is 7.76. The molecule has 1 fully saturated rings. The van der Waals surface area contributed by atoms with E-state index in [-0.39, 0.29) is 4.90 Å². The van der Waals surface area contributed by atoms with Gasteiger partial charge in [0.2, 0.25) is 0 Å². The van der Waals surface area contributed by atoms with Gasteiger partial charge in [0.25, 0.3) is 10.0 Å². The second-order valence-electron chi connectivity index (χ2n) is 6.11. The van der Waals surface area contributed by atoms with Crippen LogP contribution in [0.1, 0.15) is 24.8 Å². The summed E-state index contributed by atoms with van der Waals surface area (Å²) in [4.78, 5) is 2.40. The lowest BCUT2D eigenvalue weighted by Gasteiger charge is -2.28. The Balaban J connectivity index is 1.77. The lowest BCUT2D eigenvalue weighted by Crippen LogP contribution is -2.29. The summed E-state index contributed by atoms with van der Waals surface area (Å²) >= 11 is 0. The number of nitrogens with one attached hydrogen (secondary N) is 1. The van der Waals surface area contributed by atoms with E-state index >= 15 is 0 Å². The van der Waals surface area contributed by atoms with Gasteiger partial charge in [-0.1, -0.05) is 0 Å². The van der Waals surface area contributed by atoms with Gasteiger partial charge in [0.1, 0.15) is 5.82 Å². The normalized spacial score (nSPS) is 15.3. The maximum Gasteiger partial charge on any atom is 0.262 e. The third kappa shape index (κ3) is 3.70. The largest absolute Gasteiger partial charge is 0.372 e. The number of benzene rings is 2. The topological polar surface area (TPSA) is 49.4 Å². The summed E-state index contributed by atoms with van der Waals surface area (Å²) in [5, 5.41) is 0. The number of halogens is 1. The second kappa shape index (κ2) is 6.81. The maximum absolute atomic E-state index is 13.2. The van der Waals surface area contributed by atoms with Crippen LogP contribution in [0.5, 0.6) is 0 Å². The number of anilines is 2. The average molecular weight is 348 g/mol. The highest BCUT2D eigenvalue weighted by Gasteiger charge is 2.18. The fourth-order valence-corrected chi connectivity index (χ4v) is 4.30. The zero-order valence-corrected chi connectivity index (χ0v) is 14.4. The molecule has 1 aliphatic heterocycles. The average Bonchev–Trinajstić information content (AvgIpc) is 2.55. The zero-order valence-electron chi connectivity index (χ0n) is 13.6. The summed E-state index contributed by atoms with van der Waals surface area (Å²) in [7, 11) is -3.73. The van der Waals surface area contributed by atoms with Gasteiger partial charge >= 0.3 is 0 Å². The molecule has 1 aliphatic rings. The molecule has 128 valence electrons. The Morgan fingerprint density at radius 2 is 1.67 bits per heavy atom. The molecule has 0 bridgehead atoms. The molecule has 0 aromatic heterocycles. The van der Waals surface area contributed by atoms with Crippen LogP contribution in [-0.4, -0.2) is 21.5 Å². The molecule has 6 heteroatoms. The highest BCUT2D eigenvalue weighted by Crippen LogP contribution is 2.24. The Morgan fingerprint density at radius 1 is 1.00 bits per heavy atom. The number of sulfonamides is 1. The van der Waals surface area contributed by atoms with Gasteiger partial charge in [-0.3, -0.25) is 4.72 Å². The fourth-order valence-electron chi connectivity index (χ4n) is 3.02. The number of piperidine rings is 1. The zero-order chi connectivity index (χ0) is 17.2. The van der Waals surface area contributed by atoms with Gasteiger partial charge in [-0.15, -0.1) is 0 Å². The molecule has 0 unspecified atom stereocenters. The molecule has 0 amide bonds. The predicted octanol–water partition coefficient (Wildman–Crippen LogP) is 3.93. The molecule has 0 atom stereocenters. The van der Waals surface area contributed by atoms with Crippen LogP contribution in [0.25, 0.3) is 0 Å². The van der Waals surface area contributed by atoms with Crippen LogP contribution < -0.4 is 9.62 Å². The van der Waals surface area contributed by atoms with E-state index in [4.69, 9.17) is 0 Å². The molecule has 0 aliphatic carbocycles. The number of hydrogen-bond acceptors (Lipinski definition) is 3. The van der Waals surface area contributed by atoms with E-state index in [9.17, 15) is 12.8 Å². The lowest BCUT2D eigenvalue weighted by molar-refractivity contribution is 0.578. The van der Waals surface area contributed by atoms with Gasteiger partial charge in [0.05, 0.1) is 4.90 Å². The molecule has 3 rings (SSSR count). The molecule has 1 heterocycles. The van der Waals surface area contributed by atoms with Crippen molar-refractivity contribution in [2.75, 3.05) is 22.7 Å². The van der Waals surface area contributed by atoms with Gasteiger partial charge in [-0.05, 0) is 74.2 Å². The van der Waals surface area contributed by atoms with Gasteiger partial charge in [0, 0.05) is 24.5 Å². The Labute approximate surface area is 142 Å². The molecule has 0 spiro atoms. The maximum atomic E-state index is 13.2. The minimum Gasteiger partial charge on any atom is -0.372 e. The van der Waals surface area contributed by atoms with Crippen molar-refractivity contribution in [3.8, 4) is 0 Å². The molecule has 0 radical (unpaired) electrons. The lowest BCUT2D eigenvalue weighted by atomic mass is 10.1. The van der Waals surface area contributed by atoms with E-state index in [1.54, 1.807) is 19.1 Å². The van der Waals surface area contributed by atoms with E-state index < -0.39 is 15.8 Å². The quantitative estimate of drug-likeness (QED) is 0.911. The van der Waals surface area contributed by atoms with Gasteiger partial charge in [-0.25, -0.2) is 12.8 Å². The van der Waals surface area contributed by atoms with Crippen LogP contribution in [0.3, 0.4) is 0 Å². The first-order chi connectivity index (χ1) is 11.5. The standard InChI is InChI=1S/C18H21FN2O2S/c1-14-13-15(19)5-10-18(14)24(22,23)20-16-6-8-17(9-7-16)21-11-3-2-4-12-21/h5-10,13,20H,2-4,11-12H2,1H3. The molecule has 2 aromatic carbocycles. The minimum atomic E-state index is -3.73. The molecule has 2 aromatic rings. The number of nitrogens with zero attached hydrogens (tertiary/aromatic N) is 1. The van der Waals surface area contributed by atoms with Gasteiger partial charge in [0.15, 0.2) is 0 Å². The van der Waals surface area contributed by atoms with Gasteiger partial charge in [-0.2, -0.15) is 0 Å². The van der Waals surface area contributed by atoms with Crippen LogP contribution in [0.2, 0.25) is 0 Å². The van der Waals surface area contributed by atoms with Crippen LogP contribution in [0, 0.1) is 12.7 Å². The van der Waals surface area contributed by atoms with Gasteiger partial charge < -0.3 is 4.90 Å². The summed E-state index contributed by atoms with van der Waals surface area (Å²) in [6.45, 7) is 3.66. The smallest absolute Gasteiger partial charge is 0.262 e. The SMILES string of the molecule is Cc1cc(F)ccc1S(=O)(=O)Nc1ccc(N2CCCCC2)cc1.